The highest BCUT2D eigenvalue weighted by Crippen LogP contribution is 2.27. The highest BCUT2D eigenvalue weighted by molar-refractivity contribution is 5.27. The van der Waals surface area contributed by atoms with Crippen molar-refractivity contribution >= 4 is 0 Å². The number of methoxy groups -OCH3 is 1. The average molecular weight is 217 g/mol. The Hall–Kier alpha value is -1.06. The molecule has 0 saturated heterocycles. The zero-order valence-electron chi connectivity index (χ0n) is 9.39. The lowest BCUT2D eigenvalue weighted by molar-refractivity contribution is 0.0648. The third-order valence-corrected chi connectivity index (χ3v) is 2.43. The molecule has 0 fully saturated rings. The van der Waals surface area contributed by atoms with Gasteiger partial charge in [-0.05, 0) is 12.8 Å². The van der Waals surface area contributed by atoms with Crippen LogP contribution in [0.2, 0.25) is 0 Å². The largest absolute Gasteiger partial charge is 0.482 e. The number of hydrogen-bond acceptors (Lipinski definition) is 2. The molecule has 15 heavy (non-hydrogen) atoms. The molecule has 0 aromatic rings. The first-order valence-electron chi connectivity index (χ1n) is 5.00. The van der Waals surface area contributed by atoms with E-state index in [4.69, 9.17) is 4.74 Å². The molecule has 0 N–H and O–H groups in total. The van der Waals surface area contributed by atoms with Crippen molar-refractivity contribution in [2.75, 3.05) is 20.7 Å². The number of hydrogen-bond donors (Lipinski definition) is 0. The normalized spacial score (nSPS) is 25.8. The molecule has 1 rings (SSSR count). The number of nitrogens with zero attached hydrogens (tertiary/aromatic N) is 1. The molecule has 0 radical (unpaired) electrons. The molecule has 1 aliphatic rings. The maximum atomic E-state index is 13.2. The summed E-state index contributed by atoms with van der Waals surface area (Å²) in [7, 11) is 3.33. The van der Waals surface area contributed by atoms with E-state index in [0.717, 1.165) is 19.9 Å². The van der Waals surface area contributed by atoms with Gasteiger partial charge in [0.25, 0.3) is 5.92 Å². The summed E-state index contributed by atoms with van der Waals surface area (Å²) in [6, 6.07) is 0. The number of alkyl halides is 2. The predicted molar refractivity (Wildman–Crippen MR) is 55.7 cm³/mol. The lowest BCUT2D eigenvalue weighted by atomic mass is 10.1. The molecule has 0 saturated carbocycles. The Morgan fingerprint density at radius 3 is 2.67 bits per heavy atom. The van der Waals surface area contributed by atoms with Gasteiger partial charge < -0.3 is 9.64 Å². The van der Waals surface area contributed by atoms with E-state index in [9.17, 15) is 8.78 Å². The summed E-state index contributed by atoms with van der Waals surface area (Å²) in [4.78, 5) is 1.85. The smallest absolute Gasteiger partial charge is 0.270 e. The van der Waals surface area contributed by atoms with Crippen LogP contribution in [0.3, 0.4) is 0 Å². The summed E-state index contributed by atoms with van der Waals surface area (Å²) in [6.07, 6.45) is 4.54. The Balaban J connectivity index is 2.99. The first-order valence-corrected chi connectivity index (χ1v) is 5.00. The highest BCUT2D eigenvalue weighted by atomic mass is 19.3. The Kier molecular flexibility index (Phi) is 3.72. The monoisotopic (exact) mass is 217 g/mol. The zero-order chi connectivity index (χ0) is 11.5. The molecule has 1 heterocycles. The van der Waals surface area contributed by atoms with Crippen LogP contribution in [0.4, 0.5) is 8.78 Å². The summed E-state index contributed by atoms with van der Waals surface area (Å²) >= 11 is 0. The number of rotatable bonds is 2. The number of halogens is 2. The molecule has 0 spiro atoms. The van der Waals surface area contributed by atoms with Gasteiger partial charge in [-0.15, -0.1) is 0 Å². The van der Waals surface area contributed by atoms with Gasteiger partial charge in [0.15, 0.2) is 5.88 Å². The van der Waals surface area contributed by atoms with E-state index in [1.54, 1.807) is 6.08 Å². The van der Waals surface area contributed by atoms with Crippen molar-refractivity contribution in [3.63, 3.8) is 0 Å². The number of allylic oxidation sites excluding steroid dienone is 3. The van der Waals surface area contributed by atoms with E-state index >= 15 is 0 Å². The molecule has 4 heteroatoms. The topological polar surface area (TPSA) is 12.5 Å². The van der Waals surface area contributed by atoms with Crippen molar-refractivity contribution in [3.05, 3.63) is 23.6 Å². The van der Waals surface area contributed by atoms with Crippen LogP contribution in [0, 0.1) is 0 Å². The highest BCUT2D eigenvalue weighted by Gasteiger charge is 2.27. The van der Waals surface area contributed by atoms with Crippen molar-refractivity contribution in [1.29, 1.82) is 0 Å². The third kappa shape index (κ3) is 3.22. The van der Waals surface area contributed by atoms with Crippen molar-refractivity contribution in [2.24, 2.45) is 0 Å². The Morgan fingerprint density at radius 1 is 1.47 bits per heavy atom. The van der Waals surface area contributed by atoms with E-state index in [2.05, 4.69) is 0 Å². The zero-order valence-corrected chi connectivity index (χ0v) is 9.39. The fourth-order valence-corrected chi connectivity index (χ4v) is 1.52. The summed E-state index contributed by atoms with van der Waals surface area (Å²) in [5, 5.41) is 0. The summed E-state index contributed by atoms with van der Waals surface area (Å²) in [5.41, 5.74) is 0.0332. The third-order valence-electron chi connectivity index (χ3n) is 2.43. The SMILES string of the molecule is CO/C1=C/C(C(C)(F)F)=C/CCCN1C. The van der Waals surface area contributed by atoms with Gasteiger partial charge in [0.05, 0.1) is 7.11 Å². The van der Waals surface area contributed by atoms with Crippen molar-refractivity contribution in [3.8, 4) is 0 Å². The first kappa shape index (κ1) is 12.0. The van der Waals surface area contributed by atoms with Gasteiger partial charge in [0, 0.05) is 32.2 Å². The van der Waals surface area contributed by atoms with Crippen LogP contribution in [0.5, 0.6) is 0 Å². The Bertz CT molecular complexity index is 279. The van der Waals surface area contributed by atoms with Crippen LogP contribution in [-0.2, 0) is 4.74 Å². The van der Waals surface area contributed by atoms with Gasteiger partial charge in [-0.1, -0.05) is 6.08 Å². The molecule has 0 atom stereocenters. The van der Waals surface area contributed by atoms with Gasteiger partial charge in [0.1, 0.15) is 0 Å². The first-order chi connectivity index (χ1) is 6.95. The molecular weight excluding hydrogens is 200 g/mol. The maximum Gasteiger partial charge on any atom is 0.270 e. The summed E-state index contributed by atoms with van der Waals surface area (Å²) < 4.78 is 31.4. The second-order valence-corrected chi connectivity index (χ2v) is 3.80. The number of ether oxygens (including phenoxy) is 1. The van der Waals surface area contributed by atoms with Crippen molar-refractivity contribution < 1.29 is 13.5 Å². The Labute approximate surface area is 89.2 Å². The average Bonchev–Trinajstić information content (AvgIpc) is 2.10. The molecule has 0 aliphatic carbocycles. The second kappa shape index (κ2) is 4.64. The maximum absolute atomic E-state index is 13.2. The lowest BCUT2D eigenvalue weighted by Gasteiger charge is -2.24. The minimum Gasteiger partial charge on any atom is -0.482 e. The van der Waals surface area contributed by atoms with Crippen molar-refractivity contribution in [2.45, 2.75) is 25.7 Å². The molecular formula is C11H17F2NO. The fourth-order valence-electron chi connectivity index (χ4n) is 1.52. The molecule has 0 aromatic carbocycles. The van der Waals surface area contributed by atoms with Gasteiger partial charge in [-0.2, -0.15) is 0 Å². The van der Waals surface area contributed by atoms with E-state index < -0.39 is 5.92 Å². The van der Waals surface area contributed by atoms with E-state index in [1.807, 2.05) is 11.9 Å². The lowest BCUT2D eigenvalue weighted by Crippen LogP contribution is -2.23. The Morgan fingerprint density at radius 2 is 2.13 bits per heavy atom. The molecule has 0 amide bonds. The van der Waals surface area contributed by atoms with E-state index in [-0.39, 0.29) is 5.57 Å². The van der Waals surface area contributed by atoms with Crippen LogP contribution < -0.4 is 0 Å². The second-order valence-electron chi connectivity index (χ2n) is 3.80. The summed E-state index contributed by atoms with van der Waals surface area (Å²) in [5.74, 6) is -2.32. The van der Waals surface area contributed by atoms with Crippen LogP contribution in [0.25, 0.3) is 0 Å². The van der Waals surface area contributed by atoms with Gasteiger partial charge in [-0.3, -0.25) is 0 Å². The molecule has 1 aliphatic heterocycles. The summed E-state index contributed by atoms with van der Waals surface area (Å²) in [6.45, 7) is 1.73. The van der Waals surface area contributed by atoms with Gasteiger partial charge in [-0.25, -0.2) is 8.78 Å². The molecule has 0 aromatic heterocycles. The quantitative estimate of drug-likeness (QED) is 0.705. The molecule has 86 valence electrons. The van der Waals surface area contributed by atoms with E-state index in [1.165, 1.54) is 13.2 Å². The van der Waals surface area contributed by atoms with Gasteiger partial charge in [0.2, 0.25) is 0 Å². The fraction of sp³-hybridized carbons (Fsp3) is 0.636. The molecule has 0 bridgehead atoms. The van der Waals surface area contributed by atoms with E-state index in [0.29, 0.717) is 12.3 Å². The van der Waals surface area contributed by atoms with Crippen molar-refractivity contribution in [1.82, 2.24) is 4.90 Å². The molecule has 0 unspecified atom stereocenters. The predicted octanol–water partition coefficient (Wildman–Crippen LogP) is 2.78. The van der Waals surface area contributed by atoms with Gasteiger partial charge >= 0.3 is 0 Å². The minimum atomic E-state index is -2.80. The van der Waals surface area contributed by atoms with Crippen LogP contribution in [0.1, 0.15) is 19.8 Å². The van der Waals surface area contributed by atoms with Crippen LogP contribution in [0.15, 0.2) is 23.6 Å². The minimum absolute atomic E-state index is 0.0332. The van der Waals surface area contributed by atoms with Crippen LogP contribution >= 0.6 is 0 Å². The van der Waals surface area contributed by atoms with Crippen LogP contribution in [-0.4, -0.2) is 31.5 Å². The standard InChI is InChI=1S/C11H17F2NO/c1-11(12,13)9-6-4-5-7-14(2)10(8-9)15-3/h6,8H,4-5,7H2,1-3H3/b9-6-,10-8+. The molecule has 2 nitrogen and oxygen atoms in total.